The molecule has 0 bridgehead atoms. The van der Waals surface area contributed by atoms with Gasteiger partial charge in [0.1, 0.15) is 5.82 Å². The van der Waals surface area contributed by atoms with Crippen LogP contribution in [0.1, 0.15) is 0 Å². The smallest absolute Gasteiger partial charge is 0.125 e. The molecule has 0 radical (unpaired) electrons. The summed E-state index contributed by atoms with van der Waals surface area (Å²) in [5.74, 6) is -0.263. The maximum Gasteiger partial charge on any atom is 0.125 e. The summed E-state index contributed by atoms with van der Waals surface area (Å²) >= 11 is 3.42. The van der Waals surface area contributed by atoms with Gasteiger partial charge in [-0.05, 0) is 30.3 Å². The number of halogens is 2. The Hall–Kier alpha value is -1.68. The van der Waals surface area contributed by atoms with E-state index < -0.39 is 0 Å². The van der Waals surface area contributed by atoms with E-state index in [0.29, 0.717) is 0 Å². The van der Waals surface area contributed by atoms with Gasteiger partial charge in [0.15, 0.2) is 0 Å². The quantitative estimate of drug-likeness (QED) is 0.664. The summed E-state index contributed by atoms with van der Waals surface area (Å²) in [5.41, 5.74) is 1.67. The molecule has 0 aliphatic carbocycles. The highest BCUT2D eigenvalue weighted by Crippen LogP contribution is 2.22. The van der Waals surface area contributed by atoms with Gasteiger partial charge < -0.3 is 0 Å². The minimum absolute atomic E-state index is 0.263. The minimum Gasteiger partial charge on any atom is -0.233 e. The monoisotopic (exact) mass is 290 g/mol. The molecule has 0 unspecified atom stereocenters. The molecule has 2 nitrogen and oxygen atoms in total. The van der Waals surface area contributed by atoms with Crippen molar-refractivity contribution in [2.45, 2.75) is 0 Å². The van der Waals surface area contributed by atoms with E-state index in [2.05, 4.69) is 21.0 Å². The summed E-state index contributed by atoms with van der Waals surface area (Å²) in [6.45, 7) is 0. The molecule has 0 atom stereocenters. The Morgan fingerprint density at radius 1 is 1.12 bits per heavy atom. The Kier molecular flexibility index (Phi) is 2.44. The van der Waals surface area contributed by atoms with Gasteiger partial charge in [0.25, 0.3) is 0 Å². The van der Waals surface area contributed by atoms with Gasteiger partial charge in [0.2, 0.25) is 0 Å². The molecule has 0 saturated carbocycles. The molecule has 2 aromatic carbocycles. The lowest BCUT2D eigenvalue weighted by atomic mass is 10.2. The summed E-state index contributed by atoms with van der Waals surface area (Å²) in [6, 6.07) is 12.3. The third kappa shape index (κ3) is 1.85. The number of hydrogen-bond donors (Lipinski definition) is 0. The van der Waals surface area contributed by atoms with E-state index in [1.165, 1.54) is 12.1 Å². The fourth-order valence-electron chi connectivity index (χ4n) is 1.81. The van der Waals surface area contributed by atoms with Crippen molar-refractivity contribution in [2.24, 2.45) is 0 Å². The van der Waals surface area contributed by atoms with Gasteiger partial charge in [-0.25, -0.2) is 9.07 Å². The first kappa shape index (κ1) is 10.5. The lowest BCUT2D eigenvalue weighted by Gasteiger charge is -2.03. The van der Waals surface area contributed by atoms with Crippen LogP contribution in [0.4, 0.5) is 4.39 Å². The van der Waals surface area contributed by atoms with Crippen molar-refractivity contribution >= 4 is 26.8 Å². The van der Waals surface area contributed by atoms with Crippen molar-refractivity contribution in [1.82, 2.24) is 9.78 Å². The highest BCUT2D eigenvalue weighted by molar-refractivity contribution is 9.10. The number of nitrogens with zero attached hydrogens (tertiary/aromatic N) is 2. The fraction of sp³-hybridized carbons (Fsp3) is 0. The third-order valence-electron chi connectivity index (χ3n) is 2.59. The molecule has 84 valence electrons. The van der Waals surface area contributed by atoms with Gasteiger partial charge in [-0.2, -0.15) is 5.10 Å². The summed E-state index contributed by atoms with van der Waals surface area (Å²) in [6.07, 6.45) is 1.77. The van der Waals surface area contributed by atoms with Crippen LogP contribution in [0.3, 0.4) is 0 Å². The summed E-state index contributed by atoms with van der Waals surface area (Å²) in [7, 11) is 0. The molecule has 3 rings (SSSR count). The van der Waals surface area contributed by atoms with Crippen LogP contribution in [0, 0.1) is 5.82 Å². The molecule has 0 aliphatic heterocycles. The zero-order valence-corrected chi connectivity index (χ0v) is 10.4. The highest BCUT2D eigenvalue weighted by Gasteiger charge is 2.05. The number of aromatic nitrogens is 2. The average Bonchev–Trinajstić information content (AvgIpc) is 2.71. The largest absolute Gasteiger partial charge is 0.233 e. The maximum absolute atomic E-state index is 13.2. The maximum atomic E-state index is 13.2. The molecular weight excluding hydrogens is 283 g/mol. The van der Waals surface area contributed by atoms with E-state index in [-0.39, 0.29) is 5.82 Å². The zero-order valence-electron chi connectivity index (χ0n) is 8.77. The average molecular weight is 291 g/mol. The van der Waals surface area contributed by atoms with E-state index >= 15 is 0 Å². The molecule has 4 heteroatoms. The Morgan fingerprint density at radius 3 is 2.82 bits per heavy atom. The third-order valence-corrected chi connectivity index (χ3v) is 3.08. The Morgan fingerprint density at radius 2 is 2.00 bits per heavy atom. The lowest BCUT2D eigenvalue weighted by Crippen LogP contribution is -1.96. The van der Waals surface area contributed by atoms with Crippen LogP contribution in [0.15, 0.2) is 53.1 Å². The van der Waals surface area contributed by atoms with Crippen LogP contribution in [-0.2, 0) is 0 Å². The molecule has 1 heterocycles. The molecule has 17 heavy (non-hydrogen) atoms. The van der Waals surface area contributed by atoms with Crippen molar-refractivity contribution in [1.29, 1.82) is 0 Å². The number of hydrogen-bond acceptors (Lipinski definition) is 1. The predicted octanol–water partition coefficient (Wildman–Crippen LogP) is 3.93. The highest BCUT2D eigenvalue weighted by atomic mass is 79.9. The first-order valence-corrected chi connectivity index (χ1v) is 5.92. The van der Waals surface area contributed by atoms with Crippen LogP contribution in [0.5, 0.6) is 0 Å². The summed E-state index contributed by atoms with van der Waals surface area (Å²) in [5, 5.41) is 5.30. The topological polar surface area (TPSA) is 17.8 Å². The van der Waals surface area contributed by atoms with E-state index in [1.807, 2.05) is 24.3 Å². The van der Waals surface area contributed by atoms with Gasteiger partial charge >= 0.3 is 0 Å². The Labute approximate surface area is 106 Å². The molecule has 3 aromatic rings. The van der Waals surface area contributed by atoms with Crippen molar-refractivity contribution in [3.05, 3.63) is 59.0 Å². The van der Waals surface area contributed by atoms with Crippen molar-refractivity contribution in [3.63, 3.8) is 0 Å². The van der Waals surface area contributed by atoms with E-state index in [1.54, 1.807) is 16.9 Å². The molecule has 1 aromatic heterocycles. The molecule has 0 aliphatic rings. The fourth-order valence-corrected chi connectivity index (χ4v) is 2.15. The van der Waals surface area contributed by atoms with E-state index in [9.17, 15) is 4.39 Å². The van der Waals surface area contributed by atoms with Gasteiger partial charge in [-0.3, -0.25) is 0 Å². The Bertz CT molecular complexity index is 691. The van der Waals surface area contributed by atoms with E-state index in [4.69, 9.17) is 0 Å². The number of benzene rings is 2. The van der Waals surface area contributed by atoms with Crippen molar-refractivity contribution in [2.75, 3.05) is 0 Å². The van der Waals surface area contributed by atoms with Crippen LogP contribution in [-0.4, -0.2) is 9.78 Å². The first-order chi connectivity index (χ1) is 8.24. The normalized spacial score (nSPS) is 10.9. The van der Waals surface area contributed by atoms with Gasteiger partial charge in [-0.1, -0.05) is 28.1 Å². The second kappa shape index (κ2) is 3.96. The van der Waals surface area contributed by atoms with Crippen LogP contribution >= 0.6 is 15.9 Å². The molecule has 0 amide bonds. The van der Waals surface area contributed by atoms with Crippen molar-refractivity contribution in [3.8, 4) is 5.69 Å². The van der Waals surface area contributed by atoms with Crippen LogP contribution in [0.2, 0.25) is 0 Å². The number of rotatable bonds is 1. The molecule has 0 saturated heterocycles. The number of fused-ring (bicyclic) bond motifs is 1. The zero-order chi connectivity index (χ0) is 11.8. The lowest BCUT2D eigenvalue weighted by molar-refractivity contribution is 0.626. The van der Waals surface area contributed by atoms with Gasteiger partial charge in [0, 0.05) is 9.86 Å². The standard InChI is InChI=1S/C13H8BrFN2/c14-10-5-4-9-8-16-17(13(9)6-10)12-3-1-2-11(15)7-12/h1-8H. The molecule has 0 spiro atoms. The molecule has 0 N–H and O–H groups in total. The molecule has 0 fully saturated rings. The second-order valence-corrected chi connectivity index (χ2v) is 4.66. The van der Waals surface area contributed by atoms with Crippen LogP contribution < -0.4 is 0 Å². The summed E-state index contributed by atoms with van der Waals surface area (Å²) in [4.78, 5) is 0. The van der Waals surface area contributed by atoms with E-state index in [0.717, 1.165) is 21.1 Å². The second-order valence-electron chi connectivity index (χ2n) is 3.74. The minimum atomic E-state index is -0.263. The van der Waals surface area contributed by atoms with Gasteiger partial charge in [0.05, 0.1) is 17.4 Å². The van der Waals surface area contributed by atoms with Gasteiger partial charge in [-0.15, -0.1) is 0 Å². The Balaban J connectivity index is 2.27. The predicted molar refractivity (Wildman–Crippen MR) is 68.7 cm³/mol. The van der Waals surface area contributed by atoms with Crippen LogP contribution in [0.25, 0.3) is 16.6 Å². The molecular formula is C13H8BrFN2. The SMILES string of the molecule is Fc1cccc(-n2ncc3ccc(Br)cc32)c1. The first-order valence-electron chi connectivity index (χ1n) is 5.13. The summed E-state index contributed by atoms with van der Waals surface area (Å²) < 4.78 is 15.9. The van der Waals surface area contributed by atoms with Crippen molar-refractivity contribution < 1.29 is 4.39 Å².